The van der Waals surface area contributed by atoms with Crippen molar-refractivity contribution in [3.05, 3.63) is 29.0 Å². The van der Waals surface area contributed by atoms with E-state index in [1.54, 1.807) is 18.0 Å². The molecule has 88 valence electrons. The Kier molecular flexibility index (Phi) is 4.55. The number of benzene rings is 1. The third-order valence-corrected chi connectivity index (χ3v) is 2.55. The molecule has 0 radical (unpaired) electrons. The third kappa shape index (κ3) is 3.38. The molecule has 0 saturated heterocycles. The van der Waals surface area contributed by atoms with Gasteiger partial charge in [0.05, 0.1) is 11.6 Å². The standard InChI is InChI=1S/C11H14ClFN2O/c1-3-15(2)11(16)7-14-8-4-5-10(13)9(12)6-8/h4-6,14H,3,7H2,1-2H3. The fourth-order valence-corrected chi connectivity index (χ4v) is 1.28. The average molecular weight is 245 g/mol. The largest absolute Gasteiger partial charge is 0.376 e. The molecule has 0 spiro atoms. The molecule has 0 heterocycles. The first-order chi connectivity index (χ1) is 7.54. The van der Waals surface area contributed by atoms with Gasteiger partial charge < -0.3 is 10.2 Å². The van der Waals surface area contributed by atoms with E-state index in [2.05, 4.69) is 5.32 Å². The molecule has 0 saturated carbocycles. The Hall–Kier alpha value is -1.29. The van der Waals surface area contributed by atoms with Crippen molar-refractivity contribution in [2.75, 3.05) is 25.5 Å². The normalized spacial score (nSPS) is 10.0. The van der Waals surface area contributed by atoms with Crippen molar-refractivity contribution in [2.24, 2.45) is 0 Å². The summed E-state index contributed by atoms with van der Waals surface area (Å²) in [6.45, 7) is 2.73. The number of nitrogens with zero attached hydrogens (tertiary/aromatic N) is 1. The predicted molar refractivity (Wildman–Crippen MR) is 63.2 cm³/mol. The number of likely N-dealkylation sites (N-methyl/N-ethyl adjacent to an activating group) is 1. The van der Waals surface area contributed by atoms with Gasteiger partial charge in [0.2, 0.25) is 5.91 Å². The van der Waals surface area contributed by atoms with Crippen molar-refractivity contribution in [3.8, 4) is 0 Å². The molecule has 0 aliphatic rings. The first-order valence-electron chi connectivity index (χ1n) is 4.97. The van der Waals surface area contributed by atoms with Crippen molar-refractivity contribution >= 4 is 23.2 Å². The number of halogens is 2. The zero-order valence-corrected chi connectivity index (χ0v) is 10.0. The lowest BCUT2D eigenvalue weighted by atomic mass is 10.3. The van der Waals surface area contributed by atoms with Gasteiger partial charge in [-0.15, -0.1) is 0 Å². The highest BCUT2D eigenvalue weighted by Gasteiger charge is 2.06. The Morgan fingerprint density at radius 3 is 2.81 bits per heavy atom. The van der Waals surface area contributed by atoms with Crippen molar-refractivity contribution in [3.63, 3.8) is 0 Å². The van der Waals surface area contributed by atoms with Crippen LogP contribution in [0.5, 0.6) is 0 Å². The summed E-state index contributed by atoms with van der Waals surface area (Å²) in [5.41, 5.74) is 0.629. The van der Waals surface area contributed by atoms with E-state index in [-0.39, 0.29) is 17.5 Å². The van der Waals surface area contributed by atoms with E-state index < -0.39 is 5.82 Å². The molecule has 0 bridgehead atoms. The van der Waals surface area contributed by atoms with E-state index in [4.69, 9.17) is 11.6 Å². The monoisotopic (exact) mass is 244 g/mol. The van der Waals surface area contributed by atoms with Crippen LogP contribution in [0.3, 0.4) is 0 Å². The molecule has 3 nitrogen and oxygen atoms in total. The summed E-state index contributed by atoms with van der Waals surface area (Å²) in [6.07, 6.45) is 0. The molecule has 1 aromatic carbocycles. The molecule has 16 heavy (non-hydrogen) atoms. The molecule has 5 heteroatoms. The number of nitrogens with one attached hydrogen (secondary N) is 1. The van der Waals surface area contributed by atoms with Crippen LogP contribution < -0.4 is 5.32 Å². The molecule has 0 aliphatic carbocycles. The highest BCUT2D eigenvalue weighted by Crippen LogP contribution is 2.18. The van der Waals surface area contributed by atoms with Gasteiger partial charge in [0.15, 0.2) is 0 Å². The summed E-state index contributed by atoms with van der Waals surface area (Å²) in [6, 6.07) is 4.26. The minimum absolute atomic E-state index is 0.0250. The number of rotatable bonds is 4. The summed E-state index contributed by atoms with van der Waals surface area (Å²) >= 11 is 5.61. The first kappa shape index (κ1) is 12.8. The Morgan fingerprint density at radius 1 is 1.56 bits per heavy atom. The third-order valence-electron chi connectivity index (χ3n) is 2.26. The van der Waals surface area contributed by atoms with Crippen LogP contribution in [0.25, 0.3) is 0 Å². The molecule has 1 aromatic rings. The zero-order valence-electron chi connectivity index (χ0n) is 9.26. The van der Waals surface area contributed by atoms with E-state index in [1.165, 1.54) is 12.1 Å². The molecular weight excluding hydrogens is 231 g/mol. The van der Waals surface area contributed by atoms with Crippen molar-refractivity contribution in [2.45, 2.75) is 6.92 Å². The number of hydrogen-bond donors (Lipinski definition) is 1. The molecule has 0 aromatic heterocycles. The summed E-state index contributed by atoms with van der Waals surface area (Å²) < 4.78 is 12.8. The molecule has 0 fully saturated rings. The van der Waals surface area contributed by atoms with Crippen LogP contribution in [-0.4, -0.2) is 30.9 Å². The SMILES string of the molecule is CCN(C)C(=O)CNc1ccc(F)c(Cl)c1. The molecule has 0 atom stereocenters. The number of hydrogen-bond acceptors (Lipinski definition) is 2. The molecule has 1 N–H and O–H groups in total. The number of carbonyl (C=O) groups is 1. The quantitative estimate of drug-likeness (QED) is 0.882. The van der Waals surface area contributed by atoms with E-state index >= 15 is 0 Å². The second-order valence-electron chi connectivity index (χ2n) is 3.39. The minimum Gasteiger partial charge on any atom is -0.376 e. The van der Waals surface area contributed by atoms with Gasteiger partial charge in [0.1, 0.15) is 5.82 Å². The second kappa shape index (κ2) is 5.70. The smallest absolute Gasteiger partial charge is 0.241 e. The van der Waals surface area contributed by atoms with Crippen LogP contribution in [0.2, 0.25) is 5.02 Å². The average Bonchev–Trinajstić information content (AvgIpc) is 2.29. The maximum absolute atomic E-state index is 12.8. The lowest BCUT2D eigenvalue weighted by Gasteiger charge is -2.15. The highest BCUT2D eigenvalue weighted by molar-refractivity contribution is 6.31. The summed E-state index contributed by atoms with van der Waals surface area (Å²) in [7, 11) is 1.72. The molecule has 0 unspecified atom stereocenters. The lowest BCUT2D eigenvalue weighted by Crippen LogP contribution is -2.31. The summed E-state index contributed by atoms with van der Waals surface area (Å²) in [5.74, 6) is -0.493. The Bertz CT molecular complexity index is 384. The van der Waals surface area contributed by atoms with Gasteiger partial charge >= 0.3 is 0 Å². The lowest BCUT2D eigenvalue weighted by molar-refractivity contribution is -0.127. The van der Waals surface area contributed by atoms with Crippen LogP contribution in [0.15, 0.2) is 18.2 Å². The second-order valence-corrected chi connectivity index (χ2v) is 3.80. The van der Waals surface area contributed by atoms with Crippen molar-refractivity contribution in [1.82, 2.24) is 4.90 Å². The van der Waals surface area contributed by atoms with Crippen LogP contribution in [0, 0.1) is 5.82 Å². The maximum atomic E-state index is 12.8. The zero-order chi connectivity index (χ0) is 12.1. The van der Waals surface area contributed by atoms with Gasteiger partial charge in [0.25, 0.3) is 0 Å². The Morgan fingerprint density at radius 2 is 2.25 bits per heavy atom. The van der Waals surface area contributed by atoms with E-state index in [0.717, 1.165) is 0 Å². The van der Waals surface area contributed by atoms with E-state index in [0.29, 0.717) is 12.2 Å². The predicted octanol–water partition coefficient (Wildman–Crippen LogP) is 2.37. The van der Waals surface area contributed by atoms with Crippen LogP contribution in [-0.2, 0) is 4.79 Å². The van der Waals surface area contributed by atoms with Crippen LogP contribution in [0.1, 0.15) is 6.92 Å². The van der Waals surface area contributed by atoms with Gasteiger partial charge in [-0.1, -0.05) is 11.6 Å². The summed E-state index contributed by atoms with van der Waals surface area (Å²) in [4.78, 5) is 13.1. The number of carbonyl (C=O) groups excluding carboxylic acids is 1. The van der Waals surface area contributed by atoms with Gasteiger partial charge in [0, 0.05) is 19.3 Å². The fraction of sp³-hybridized carbons (Fsp3) is 0.364. The molecule has 0 aliphatic heterocycles. The number of amides is 1. The van der Waals surface area contributed by atoms with Gasteiger partial charge in [-0.25, -0.2) is 4.39 Å². The Labute approximate surface area is 99.2 Å². The van der Waals surface area contributed by atoms with Crippen LogP contribution >= 0.6 is 11.6 Å². The highest BCUT2D eigenvalue weighted by atomic mass is 35.5. The van der Waals surface area contributed by atoms with Gasteiger partial charge in [-0.2, -0.15) is 0 Å². The van der Waals surface area contributed by atoms with E-state index in [1.807, 2.05) is 6.92 Å². The molecular formula is C11H14ClFN2O. The first-order valence-corrected chi connectivity index (χ1v) is 5.35. The summed E-state index contributed by atoms with van der Waals surface area (Å²) in [5, 5.41) is 2.93. The van der Waals surface area contributed by atoms with Gasteiger partial charge in [-0.3, -0.25) is 4.79 Å². The van der Waals surface area contributed by atoms with Gasteiger partial charge in [-0.05, 0) is 25.1 Å². The number of anilines is 1. The maximum Gasteiger partial charge on any atom is 0.241 e. The topological polar surface area (TPSA) is 32.3 Å². The van der Waals surface area contributed by atoms with E-state index in [9.17, 15) is 9.18 Å². The van der Waals surface area contributed by atoms with Crippen molar-refractivity contribution in [1.29, 1.82) is 0 Å². The van der Waals surface area contributed by atoms with Crippen LogP contribution in [0.4, 0.5) is 10.1 Å². The molecule has 1 rings (SSSR count). The Balaban J connectivity index is 2.55. The fourth-order valence-electron chi connectivity index (χ4n) is 1.10. The molecule has 1 amide bonds. The van der Waals surface area contributed by atoms with Crippen molar-refractivity contribution < 1.29 is 9.18 Å². The minimum atomic E-state index is -0.468.